The summed E-state index contributed by atoms with van der Waals surface area (Å²) in [6.07, 6.45) is -4.75. The van der Waals surface area contributed by atoms with Gasteiger partial charge >= 0.3 is 6.18 Å². The number of aromatic nitrogens is 5. The van der Waals surface area contributed by atoms with E-state index in [4.69, 9.17) is 11.6 Å². The van der Waals surface area contributed by atoms with Crippen molar-refractivity contribution in [2.24, 2.45) is 7.05 Å². The van der Waals surface area contributed by atoms with Crippen molar-refractivity contribution in [3.8, 4) is 11.3 Å². The molecule has 178 valence electrons. The number of alkyl halides is 3. The van der Waals surface area contributed by atoms with E-state index in [9.17, 15) is 18.0 Å². The number of rotatable bonds is 4. The van der Waals surface area contributed by atoms with E-state index in [0.717, 1.165) is 27.5 Å². The zero-order valence-electron chi connectivity index (χ0n) is 18.6. The molecule has 0 radical (unpaired) electrons. The SMILES string of the molecule is Cc1nn(C)c(C)c1CN(C)C(=O)c1nn2c(C(F)(F)F)cc(-c3ccc(Br)cc3)nc2c1Cl. The molecule has 0 saturated carbocycles. The van der Waals surface area contributed by atoms with Crippen molar-refractivity contribution in [2.45, 2.75) is 26.6 Å². The zero-order chi connectivity index (χ0) is 24.9. The highest BCUT2D eigenvalue weighted by molar-refractivity contribution is 9.10. The molecule has 4 rings (SSSR count). The molecule has 0 atom stereocenters. The predicted octanol–water partition coefficient (Wildman–Crippen LogP) is 5.45. The highest BCUT2D eigenvalue weighted by atomic mass is 79.9. The van der Waals surface area contributed by atoms with Crippen LogP contribution in [-0.4, -0.2) is 42.2 Å². The van der Waals surface area contributed by atoms with Gasteiger partial charge in [-0.25, -0.2) is 9.50 Å². The fraction of sp³-hybridized carbons (Fsp3) is 0.273. The third kappa shape index (κ3) is 4.29. The molecule has 12 heteroatoms. The molecule has 0 saturated heterocycles. The molecule has 0 spiro atoms. The summed E-state index contributed by atoms with van der Waals surface area (Å²) in [5.41, 5.74) is 1.33. The Morgan fingerprint density at radius 1 is 1.18 bits per heavy atom. The summed E-state index contributed by atoms with van der Waals surface area (Å²) < 4.78 is 44.8. The molecule has 34 heavy (non-hydrogen) atoms. The molecular formula is C22H19BrClF3N6O. The van der Waals surface area contributed by atoms with Gasteiger partial charge in [0.25, 0.3) is 5.91 Å². The Balaban J connectivity index is 1.80. The molecule has 3 aromatic heterocycles. The van der Waals surface area contributed by atoms with Gasteiger partial charge in [0.1, 0.15) is 5.02 Å². The van der Waals surface area contributed by atoms with E-state index in [2.05, 4.69) is 31.1 Å². The first-order valence-electron chi connectivity index (χ1n) is 10.1. The number of hydrogen-bond acceptors (Lipinski definition) is 4. The average molecular weight is 556 g/mol. The van der Waals surface area contributed by atoms with Gasteiger partial charge in [0.2, 0.25) is 0 Å². The Labute approximate surface area is 206 Å². The topological polar surface area (TPSA) is 68.3 Å². The van der Waals surface area contributed by atoms with Crippen molar-refractivity contribution in [1.82, 2.24) is 29.3 Å². The van der Waals surface area contributed by atoms with Crippen molar-refractivity contribution in [2.75, 3.05) is 7.05 Å². The van der Waals surface area contributed by atoms with Gasteiger partial charge < -0.3 is 4.90 Å². The Morgan fingerprint density at radius 2 is 1.82 bits per heavy atom. The van der Waals surface area contributed by atoms with Gasteiger partial charge in [0, 0.05) is 41.9 Å². The van der Waals surface area contributed by atoms with E-state index in [0.29, 0.717) is 10.1 Å². The number of aryl methyl sites for hydroxylation is 2. The quantitative estimate of drug-likeness (QED) is 0.336. The van der Waals surface area contributed by atoms with Gasteiger partial charge in [-0.2, -0.15) is 23.4 Å². The molecule has 4 aromatic rings. The summed E-state index contributed by atoms with van der Waals surface area (Å²) in [6, 6.07) is 7.54. The second kappa shape index (κ2) is 8.70. The van der Waals surface area contributed by atoms with Crippen LogP contribution in [0.2, 0.25) is 5.02 Å². The molecule has 0 unspecified atom stereocenters. The highest BCUT2D eigenvalue weighted by Gasteiger charge is 2.37. The molecule has 0 aliphatic carbocycles. The van der Waals surface area contributed by atoms with E-state index in [-0.39, 0.29) is 28.6 Å². The van der Waals surface area contributed by atoms with Crippen LogP contribution in [0.25, 0.3) is 16.9 Å². The lowest BCUT2D eigenvalue weighted by Crippen LogP contribution is -2.27. The van der Waals surface area contributed by atoms with Crippen LogP contribution in [0.15, 0.2) is 34.8 Å². The lowest BCUT2D eigenvalue weighted by Gasteiger charge is -2.16. The van der Waals surface area contributed by atoms with Crippen molar-refractivity contribution < 1.29 is 18.0 Å². The van der Waals surface area contributed by atoms with Crippen LogP contribution in [0.1, 0.15) is 33.1 Å². The third-order valence-electron chi connectivity index (χ3n) is 5.57. The molecular weight excluding hydrogens is 537 g/mol. The number of carbonyl (C=O) groups is 1. The molecule has 0 bridgehead atoms. The number of amides is 1. The number of nitrogens with zero attached hydrogens (tertiary/aromatic N) is 6. The number of halogens is 5. The summed E-state index contributed by atoms with van der Waals surface area (Å²) in [4.78, 5) is 18.8. The van der Waals surface area contributed by atoms with Crippen LogP contribution >= 0.6 is 27.5 Å². The first-order chi connectivity index (χ1) is 15.9. The molecule has 7 nitrogen and oxygen atoms in total. The molecule has 0 N–H and O–H groups in total. The maximum absolute atomic E-state index is 13.9. The molecule has 0 aliphatic heterocycles. The summed E-state index contributed by atoms with van der Waals surface area (Å²) in [5.74, 6) is -0.628. The smallest absolute Gasteiger partial charge is 0.336 e. The maximum Gasteiger partial charge on any atom is 0.433 e. The van der Waals surface area contributed by atoms with Crippen LogP contribution in [0.5, 0.6) is 0 Å². The van der Waals surface area contributed by atoms with Crippen molar-refractivity contribution in [1.29, 1.82) is 0 Å². The predicted molar refractivity (Wildman–Crippen MR) is 125 cm³/mol. The Morgan fingerprint density at radius 3 is 2.38 bits per heavy atom. The first kappa shape index (κ1) is 24.2. The lowest BCUT2D eigenvalue weighted by molar-refractivity contribution is -0.142. The fourth-order valence-electron chi connectivity index (χ4n) is 3.63. The van der Waals surface area contributed by atoms with E-state index in [1.807, 2.05) is 13.8 Å². The second-order valence-corrected chi connectivity index (χ2v) is 9.16. The van der Waals surface area contributed by atoms with Crippen LogP contribution < -0.4 is 0 Å². The first-order valence-corrected chi connectivity index (χ1v) is 11.2. The number of benzene rings is 1. The van der Waals surface area contributed by atoms with Gasteiger partial charge in [-0.1, -0.05) is 39.7 Å². The van der Waals surface area contributed by atoms with E-state index < -0.39 is 17.8 Å². The minimum absolute atomic E-state index is 0.0584. The zero-order valence-corrected chi connectivity index (χ0v) is 20.9. The number of carbonyl (C=O) groups excluding carboxylic acids is 1. The van der Waals surface area contributed by atoms with Crippen molar-refractivity contribution >= 4 is 39.1 Å². The Bertz CT molecular complexity index is 1410. The largest absolute Gasteiger partial charge is 0.433 e. The van der Waals surface area contributed by atoms with Gasteiger partial charge in [0.05, 0.1) is 11.4 Å². The summed E-state index contributed by atoms with van der Waals surface area (Å²) in [7, 11) is 3.32. The molecule has 1 aromatic carbocycles. The van der Waals surface area contributed by atoms with Gasteiger partial charge in [-0.15, -0.1) is 0 Å². The Hall–Kier alpha value is -2.92. The summed E-state index contributed by atoms with van der Waals surface area (Å²) in [6.45, 7) is 3.88. The number of hydrogen-bond donors (Lipinski definition) is 0. The number of fused-ring (bicyclic) bond motifs is 1. The van der Waals surface area contributed by atoms with Crippen LogP contribution in [-0.2, 0) is 19.8 Å². The summed E-state index contributed by atoms with van der Waals surface area (Å²) >= 11 is 9.69. The average Bonchev–Trinajstić information content (AvgIpc) is 3.23. The minimum Gasteiger partial charge on any atom is -0.336 e. The van der Waals surface area contributed by atoms with Crippen LogP contribution in [0.3, 0.4) is 0 Å². The molecule has 0 aliphatic rings. The van der Waals surface area contributed by atoms with E-state index >= 15 is 0 Å². The standard InChI is InChI=1S/C22H19BrClF3N6O/c1-11-15(12(2)32(4)29-11)10-31(3)21(34)19-18(24)20-28-16(13-5-7-14(23)8-6-13)9-17(22(25,26)27)33(20)30-19/h5-9H,10H2,1-4H3. The molecule has 3 heterocycles. The van der Waals surface area contributed by atoms with Gasteiger partial charge in [-0.05, 0) is 32.0 Å². The van der Waals surface area contributed by atoms with Crippen LogP contribution in [0, 0.1) is 13.8 Å². The van der Waals surface area contributed by atoms with Crippen molar-refractivity contribution in [3.05, 3.63) is 68.2 Å². The van der Waals surface area contributed by atoms with Crippen LogP contribution in [0.4, 0.5) is 13.2 Å². The van der Waals surface area contributed by atoms with Gasteiger partial charge in [0.15, 0.2) is 17.0 Å². The van der Waals surface area contributed by atoms with E-state index in [1.54, 1.807) is 36.0 Å². The van der Waals surface area contributed by atoms with Crippen molar-refractivity contribution in [3.63, 3.8) is 0 Å². The normalized spacial score (nSPS) is 11.9. The highest BCUT2D eigenvalue weighted by Crippen LogP contribution is 2.35. The lowest BCUT2D eigenvalue weighted by atomic mass is 10.1. The Kier molecular flexibility index (Phi) is 6.19. The monoisotopic (exact) mass is 554 g/mol. The second-order valence-electron chi connectivity index (χ2n) is 7.86. The molecule has 0 fully saturated rings. The fourth-order valence-corrected chi connectivity index (χ4v) is 4.14. The summed E-state index contributed by atoms with van der Waals surface area (Å²) in [5, 5.41) is 8.00. The minimum atomic E-state index is -4.75. The third-order valence-corrected chi connectivity index (χ3v) is 6.44. The maximum atomic E-state index is 13.9. The molecule has 1 amide bonds. The van der Waals surface area contributed by atoms with E-state index in [1.165, 1.54) is 11.9 Å². The van der Waals surface area contributed by atoms with Gasteiger partial charge in [-0.3, -0.25) is 9.48 Å².